The van der Waals surface area contributed by atoms with Gasteiger partial charge in [0.1, 0.15) is 5.60 Å². The van der Waals surface area contributed by atoms with Gasteiger partial charge in [0.2, 0.25) is 0 Å². The summed E-state index contributed by atoms with van der Waals surface area (Å²) in [5.41, 5.74) is 1.69. The first-order chi connectivity index (χ1) is 14.3. The molecule has 0 aliphatic carbocycles. The van der Waals surface area contributed by atoms with Gasteiger partial charge in [-0.05, 0) is 67.9 Å². The minimum Gasteiger partial charge on any atom is -0.494 e. The highest BCUT2D eigenvalue weighted by atomic mass is 35.5. The number of benzene rings is 2. The summed E-state index contributed by atoms with van der Waals surface area (Å²) in [6.45, 7) is 3.38. The van der Waals surface area contributed by atoms with Gasteiger partial charge in [-0.25, -0.2) is 9.07 Å². The molecule has 0 radical (unpaired) electrons. The summed E-state index contributed by atoms with van der Waals surface area (Å²) >= 11 is 7.92. The van der Waals surface area contributed by atoms with Crippen LogP contribution in [-0.2, 0) is 5.60 Å². The molecular formula is C23H20ClFN2O2S. The highest BCUT2D eigenvalue weighted by Gasteiger charge is 2.24. The molecule has 4 aromatic rings. The Morgan fingerprint density at radius 1 is 1.07 bits per heavy atom. The van der Waals surface area contributed by atoms with Crippen LogP contribution in [0.3, 0.4) is 0 Å². The van der Waals surface area contributed by atoms with E-state index in [1.807, 2.05) is 42.5 Å². The molecule has 0 unspecified atom stereocenters. The maximum atomic E-state index is 14.2. The van der Waals surface area contributed by atoms with E-state index in [0.29, 0.717) is 10.7 Å². The third kappa shape index (κ3) is 3.86. The van der Waals surface area contributed by atoms with Crippen LogP contribution >= 0.6 is 22.9 Å². The fraction of sp³-hybridized carbons (Fsp3) is 0.174. The zero-order valence-electron chi connectivity index (χ0n) is 16.7. The molecule has 0 aliphatic rings. The lowest BCUT2D eigenvalue weighted by Crippen LogP contribution is -2.16. The second-order valence-corrected chi connectivity index (χ2v) is 8.84. The number of thiophene rings is 1. The molecule has 0 atom stereocenters. The second-order valence-electron chi connectivity index (χ2n) is 7.35. The Kier molecular flexibility index (Phi) is 5.40. The molecule has 0 fully saturated rings. The van der Waals surface area contributed by atoms with E-state index in [4.69, 9.17) is 16.3 Å². The third-order valence-corrected chi connectivity index (χ3v) is 6.19. The summed E-state index contributed by atoms with van der Waals surface area (Å²) in [6, 6.07) is 18.1. The Bertz CT molecular complexity index is 1210. The number of rotatable bonds is 5. The number of ether oxygens (including phenoxy) is 1. The normalized spacial score (nSPS) is 11.7. The van der Waals surface area contributed by atoms with Crippen molar-refractivity contribution in [2.75, 3.05) is 7.11 Å². The molecule has 30 heavy (non-hydrogen) atoms. The van der Waals surface area contributed by atoms with Crippen molar-refractivity contribution >= 4 is 22.9 Å². The molecule has 0 saturated carbocycles. The summed E-state index contributed by atoms with van der Waals surface area (Å²) in [6.07, 6.45) is 0. The van der Waals surface area contributed by atoms with Crippen molar-refractivity contribution in [3.05, 3.63) is 77.2 Å². The number of hydrogen-bond donors (Lipinski definition) is 1. The Labute approximate surface area is 183 Å². The number of para-hydroxylation sites is 1. The number of methoxy groups -OCH3 is 1. The van der Waals surface area contributed by atoms with E-state index in [-0.39, 0.29) is 5.75 Å². The fourth-order valence-electron chi connectivity index (χ4n) is 3.11. The fourth-order valence-corrected chi connectivity index (χ4v) is 4.33. The van der Waals surface area contributed by atoms with E-state index in [1.54, 1.807) is 30.7 Å². The number of halogens is 2. The van der Waals surface area contributed by atoms with Gasteiger partial charge in [-0.1, -0.05) is 23.7 Å². The zero-order chi connectivity index (χ0) is 21.5. The number of aromatic nitrogens is 2. The van der Waals surface area contributed by atoms with Gasteiger partial charge in [0.15, 0.2) is 11.6 Å². The SMILES string of the molecule is COc1ccc(-c2ccc(-c3cc(C(C)(C)O)nn3-c3ccccc3Cl)s2)cc1F. The molecule has 1 N–H and O–H groups in total. The lowest BCUT2D eigenvalue weighted by molar-refractivity contribution is 0.0734. The van der Waals surface area contributed by atoms with Crippen molar-refractivity contribution in [1.82, 2.24) is 9.78 Å². The van der Waals surface area contributed by atoms with Crippen LogP contribution in [-0.4, -0.2) is 22.0 Å². The average molecular weight is 443 g/mol. The first kappa shape index (κ1) is 20.6. The lowest BCUT2D eigenvalue weighted by atomic mass is 10.1. The summed E-state index contributed by atoms with van der Waals surface area (Å²) in [7, 11) is 1.44. The topological polar surface area (TPSA) is 47.3 Å². The molecule has 4 rings (SSSR count). The standard InChI is InChI=1S/C23H20ClFN2O2S/c1-23(2,28)22-13-18(27(26-22)17-7-5-4-6-15(17)24)21-11-10-20(30-21)14-8-9-19(29-3)16(25)12-14/h4-13,28H,1-3H3. The van der Waals surface area contributed by atoms with Crippen molar-refractivity contribution in [2.45, 2.75) is 19.4 Å². The van der Waals surface area contributed by atoms with Crippen LogP contribution in [0.5, 0.6) is 5.75 Å². The monoisotopic (exact) mass is 442 g/mol. The molecule has 2 aromatic heterocycles. The molecule has 2 aromatic carbocycles. The van der Waals surface area contributed by atoms with E-state index >= 15 is 0 Å². The predicted octanol–water partition coefficient (Wildman–Crippen LogP) is 6.30. The van der Waals surface area contributed by atoms with Gasteiger partial charge in [0, 0.05) is 4.88 Å². The Morgan fingerprint density at radius 3 is 2.47 bits per heavy atom. The van der Waals surface area contributed by atoms with E-state index in [9.17, 15) is 9.50 Å². The Hall–Kier alpha value is -2.67. The third-order valence-electron chi connectivity index (χ3n) is 4.71. The highest BCUT2D eigenvalue weighted by Crippen LogP contribution is 2.38. The van der Waals surface area contributed by atoms with Gasteiger partial charge in [0.25, 0.3) is 0 Å². The Balaban J connectivity index is 1.82. The molecule has 7 heteroatoms. The largest absolute Gasteiger partial charge is 0.494 e. The van der Waals surface area contributed by atoms with Crippen LogP contribution < -0.4 is 4.74 Å². The summed E-state index contributed by atoms with van der Waals surface area (Å²) in [5.74, 6) is -0.197. The molecule has 0 amide bonds. The van der Waals surface area contributed by atoms with E-state index in [0.717, 1.165) is 26.7 Å². The van der Waals surface area contributed by atoms with E-state index in [1.165, 1.54) is 24.5 Å². The van der Waals surface area contributed by atoms with Gasteiger partial charge < -0.3 is 9.84 Å². The highest BCUT2D eigenvalue weighted by molar-refractivity contribution is 7.18. The predicted molar refractivity (Wildman–Crippen MR) is 119 cm³/mol. The maximum absolute atomic E-state index is 14.2. The first-order valence-electron chi connectivity index (χ1n) is 9.30. The van der Waals surface area contributed by atoms with Crippen LogP contribution in [0.2, 0.25) is 5.02 Å². The van der Waals surface area contributed by atoms with Crippen molar-refractivity contribution in [3.63, 3.8) is 0 Å². The van der Waals surface area contributed by atoms with E-state index < -0.39 is 11.4 Å². The molecule has 154 valence electrons. The quantitative estimate of drug-likeness (QED) is 0.394. The van der Waals surface area contributed by atoms with Crippen LogP contribution in [0.25, 0.3) is 26.7 Å². The van der Waals surface area contributed by atoms with Crippen molar-refractivity contribution in [2.24, 2.45) is 0 Å². The van der Waals surface area contributed by atoms with Gasteiger partial charge in [0.05, 0.1) is 34.1 Å². The van der Waals surface area contributed by atoms with Crippen LogP contribution in [0.1, 0.15) is 19.5 Å². The molecular weight excluding hydrogens is 423 g/mol. The molecule has 0 saturated heterocycles. The number of nitrogens with zero attached hydrogens (tertiary/aromatic N) is 2. The van der Waals surface area contributed by atoms with Crippen molar-refractivity contribution in [1.29, 1.82) is 0 Å². The van der Waals surface area contributed by atoms with Crippen LogP contribution in [0.15, 0.2) is 60.7 Å². The summed E-state index contributed by atoms with van der Waals surface area (Å²) in [5, 5.41) is 15.7. The minimum atomic E-state index is -1.11. The summed E-state index contributed by atoms with van der Waals surface area (Å²) < 4.78 is 20.9. The maximum Gasteiger partial charge on any atom is 0.165 e. The average Bonchev–Trinajstić information content (AvgIpc) is 3.35. The first-order valence-corrected chi connectivity index (χ1v) is 10.5. The molecule has 2 heterocycles. The van der Waals surface area contributed by atoms with Crippen molar-refractivity contribution < 1.29 is 14.2 Å². The van der Waals surface area contributed by atoms with Crippen molar-refractivity contribution in [3.8, 4) is 32.4 Å². The molecule has 4 nitrogen and oxygen atoms in total. The van der Waals surface area contributed by atoms with E-state index in [2.05, 4.69) is 5.10 Å². The molecule has 0 spiro atoms. The molecule has 0 aliphatic heterocycles. The summed E-state index contributed by atoms with van der Waals surface area (Å²) in [4.78, 5) is 1.83. The zero-order valence-corrected chi connectivity index (χ0v) is 18.3. The van der Waals surface area contributed by atoms with Crippen LogP contribution in [0.4, 0.5) is 4.39 Å². The van der Waals surface area contributed by atoms with Gasteiger partial charge in [-0.15, -0.1) is 11.3 Å². The van der Waals surface area contributed by atoms with Gasteiger partial charge >= 0.3 is 0 Å². The Morgan fingerprint density at radius 2 is 1.80 bits per heavy atom. The number of hydrogen-bond acceptors (Lipinski definition) is 4. The van der Waals surface area contributed by atoms with Crippen LogP contribution in [0, 0.1) is 5.82 Å². The van der Waals surface area contributed by atoms with Gasteiger partial charge in [-0.2, -0.15) is 5.10 Å². The minimum absolute atomic E-state index is 0.210. The number of aliphatic hydroxyl groups is 1. The smallest absolute Gasteiger partial charge is 0.165 e. The second kappa shape index (κ2) is 7.87. The van der Waals surface area contributed by atoms with Gasteiger partial charge in [-0.3, -0.25) is 0 Å². The lowest BCUT2D eigenvalue weighted by Gasteiger charge is -2.13. The molecule has 0 bridgehead atoms.